The second-order valence-electron chi connectivity index (χ2n) is 2.79. The molecular weight excluding hydrogens is 195 g/mol. The molecule has 0 aliphatic heterocycles. The lowest BCUT2D eigenvalue weighted by atomic mass is 10.1. The van der Waals surface area contributed by atoms with Gasteiger partial charge in [0.15, 0.2) is 0 Å². The van der Waals surface area contributed by atoms with Crippen molar-refractivity contribution in [3.63, 3.8) is 0 Å². The molecule has 1 rings (SSSR count). The zero-order chi connectivity index (χ0) is 10.8. The van der Waals surface area contributed by atoms with E-state index >= 15 is 0 Å². The molecular formula is C9H10F3NO. The molecule has 0 spiro atoms. The monoisotopic (exact) mass is 205 g/mol. The Bertz CT molecular complexity index is 322. The van der Waals surface area contributed by atoms with Crippen molar-refractivity contribution in [2.75, 3.05) is 0 Å². The number of hydrogen-bond donors (Lipinski definition) is 1. The number of nitrogens with two attached hydrogens (primary N) is 1. The quantitative estimate of drug-likeness (QED) is 0.804. The van der Waals surface area contributed by atoms with Gasteiger partial charge in [0.25, 0.3) is 0 Å². The van der Waals surface area contributed by atoms with Crippen LogP contribution in [0.2, 0.25) is 0 Å². The summed E-state index contributed by atoms with van der Waals surface area (Å²) < 4.78 is 39.5. The molecule has 2 N–H and O–H groups in total. The van der Waals surface area contributed by atoms with E-state index in [4.69, 9.17) is 5.73 Å². The highest BCUT2D eigenvalue weighted by Crippen LogP contribution is 2.27. The van der Waals surface area contributed by atoms with E-state index < -0.39 is 6.36 Å². The smallest absolute Gasteiger partial charge is 0.406 e. The number of alkyl halides is 3. The number of ether oxygens (including phenoxy) is 1. The largest absolute Gasteiger partial charge is 0.573 e. The van der Waals surface area contributed by atoms with Crippen LogP contribution < -0.4 is 10.5 Å². The van der Waals surface area contributed by atoms with Crippen LogP contribution in [0.1, 0.15) is 11.1 Å². The topological polar surface area (TPSA) is 35.2 Å². The zero-order valence-electron chi connectivity index (χ0n) is 7.56. The Morgan fingerprint density at radius 2 is 2.00 bits per heavy atom. The molecule has 0 saturated heterocycles. The molecule has 0 fully saturated rings. The highest BCUT2D eigenvalue weighted by atomic mass is 19.4. The minimum absolute atomic E-state index is 0.194. The van der Waals surface area contributed by atoms with E-state index in [2.05, 4.69) is 4.74 Å². The Balaban J connectivity index is 2.98. The molecule has 14 heavy (non-hydrogen) atoms. The molecule has 0 saturated carbocycles. The average molecular weight is 205 g/mol. The molecule has 1 aromatic carbocycles. The second-order valence-corrected chi connectivity index (χ2v) is 2.79. The predicted octanol–water partition coefficient (Wildman–Crippen LogP) is 2.35. The van der Waals surface area contributed by atoms with Crippen molar-refractivity contribution < 1.29 is 17.9 Å². The van der Waals surface area contributed by atoms with Gasteiger partial charge < -0.3 is 10.5 Å². The van der Waals surface area contributed by atoms with E-state index in [1.54, 1.807) is 13.0 Å². The highest BCUT2D eigenvalue weighted by molar-refractivity contribution is 5.39. The molecule has 0 aromatic heterocycles. The van der Waals surface area contributed by atoms with E-state index in [1.807, 2.05) is 0 Å². The third-order valence-corrected chi connectivity index (χ3v) is 1.84. The molecule has 2 nitrogen and oxygen atoms in total. The summed E-state index contributed by atoms with van der Waals surface area (Å²) in [5, 5.41) is 0. The lowest BCUT2D eigenvalue weighted by Gasteiger charge is -2.13. The van der Waals surface area contributed by atoms with Crippen molar-refractivity contribution >= 4 is 0 Å². The third-order valence-electron chi connectivity index (χ3n) is 1.84. The first-order valence-corrected chi connectivity index (χ1v) is 3.98. The first-order chi connectivity index (χ1) is 6.44. The van der Waals surface area contributed by atoms with Crippen molar-refractivity contribution in [2.24, 2.45) is 5.73 Å². The summed E-state index contributed by atoms with van der Waals surface area (Å²) in [7, 11) is 0. The number of rotatable bonds is 2. The van der Waals surface area contributed by atoms with Gasteiger partial charge in [-0.3, -0.25) is 0 Å². The maximum Gasteiger partial charge on any atom is 0.573 e. The number of halogens is 3. The van der Waals surface area contributed by atoms with Gasteiger partial charge >= 0.3 is 6.36 Å². The molecule has 0 bridgehead atoms. The SMILES string of the molecule is Cc1c(CN)cccc1OC(F)(F)F. The van der Waals surface area contributed by atoms with Crippen LogP contribution in [0.4, 0.5) is 13.2 Å². The van der Waals surface area contributed by atoms with Crippen LogP contribution in [-0.2, 0) is 6.54 Å². The molecule has 0 atom stereocenters. The summed E-state index contributed by atoms with van der Waals surface area (Å²) in [5.74, 6) is -0.194. The van der Waals surface area contributed by atoms with Crippen molar-refractivity contribution in [2.45, 2.75) is 19.8 Å². The minimum atomic E-state index is -4.65. The summed E-state index contributed by atoms with van der Waals surface area (Å²) in [4.78, 5) is 0. The minimum Gasteiger partial charge on any atom is -0.406 e. The first-order valence-electron chi connectivity index (χ1n) is 3.98. The fourth-order valence-electron chi connectivity index (χ4n) is 1.12. The summed E-state index contributed by atoms with van der Waals surface area (Å²) in [6, 6.07) is 4.41. The Hall–Kier alpha value is -1.23. The van der Waals surface area contributed by atoms with Gasteiger partial charge in [-0.15, -0.1) is 13.2 Å². The zero-order valence-corrected chi connectivity index (χ0v) is 7.56. The Labute approximate surface area is 79.5 Å². The van der Waals surface area contributed by atoms with E-state index in [-0.39, 0.29) is 12.3 Å². The van der Waals surface area contributed by atoms with Crippen molar-refractivity contribution in [1.29, 1.82) is 0 Å². The molecule has 1 aromatic rings. The Morgan fingerprint density at radius 3 is 2.50 bits per heavy atom. The van der Waals surface area contributed by atoms with Gasteiger partial charge in [0.05, 0.1) is 0 Å². The van der Waals surface area contributed by atoms with Crippen molar-refractivity contribution in [3.8, 4) is 5.75 Å². The summed E-state index contributed by atoms with van der Waals surface area (Å²) >= 11 is 0. The fraction of sp³-hybridized carbons (Fsp3) is 0.333. The average Bonchev–Trinajstić information content (AvgIpc) is 2.06. The molecule has 0 heterocycles. The van der Waals surface area contributed by atoms with E-state index in [0.717, 1.165) is 0 Å². The van der Waals surface area contributed by atoms with Gasteiger partial charge in [-0.1, -0.05) is 12.1 Å². The van der Waals surface area contributed by atoms with Crippen LogP contribution >= 0.6 is 0 Å². The van der Waals surface area contributed by atoms with Crippen LogP contribution in [0.25, 0.3) is 0 Å². The fourth-order valence-corrected chi connectivity index (χ4v) is 1.12. The van der Waals surface area contributed by atoms with E-state index in [1.165, 1.54) is 12.1 Å². The van der Waals surface area contributed by atoms with Gasteiger partial charge in [-0.2, -0.15) is 0 Å². The van der Waals surface area contributed by atoms with Crippen molar-refractivity contribution in [1.82, 2.24) is 0 Å². The first kappa shape index (κ1) is 10.8. The van der Waals surface area contributed by atoms with Crippen molar-refractivity contribution in [3.05, 3.63) is 29.3 Å². The summed E-state index contributed by atoms with van der Waals surface area (Å²) in [5.41, 5.74) is 6.42. The normalized spacial score (nSPS) is 11.5. The van der Waals surface area contributed by atoms with Gasteiger partial charge in [0, 0.05) is 6.54 Å². The van der Waals surface area contributed by atoms with Gasteiger partial charge in [-0.25, -0.2) is 0 Å². The lowest BCUT2D eigenvalue weighted by Crippen LogP contribution is -2.18. The van der Waals surface area contributed by atoms with Gasteiger partial charge in [0.2, 0.25) is 0 Å². The van der Waals surface area contributed by atoms with Crippen LogP contribution in [0.3, 0.4) is 0 Å². The van der Waals surface area contributed by atoms with Gasteiger partial charge in [-0.05, 0) is 24.1 Å². The Kier molecular flexibility index (Phi) is 3.00. The standard InChI is InChI=1S/C9H10F3NO/c1-6-7(5-13)3-2-4-8(6)14-9(10,11)12/h2-4H,5,13H2,1H3. The maximum absolute atomic E-state index is 11.9. The number of benzene rings is 1. The van der Waals surface area contributed by atoms with Crippen LogP contribution in [0.5, 0.6) is 5.75 Å². The Morgan fingerprint density at radius 1 is 1.36 bits per heavy atom. The molecule has 0 aliphatic carbocycles. The van der Waals surface area contributed by atoms with Crippen LogP contribution in [-0.4, -0.2) is 6.36 Å². The second kappa shape index (κ2) is 3.88. The van der Waals surface area contributed by atoms with Crippen LogP contribution in [0, 0.1) is 6.92 Å². The van der Waals surface area contributed by atoms with Crippen LogP contribution in [0.15, 0.2) is 18.2 Å². The highest BCUT2D eigenvalue weighted by Gasteiger charge is 2.31. The molecule has 5 heteroatoms. The third kappa shape index (κ3) is 2.63. The molecule has 78 valence electrons. The maximum atomic E-state index is 11.9. The van der Waals surface area contributed by atoms with E-state index in [9.17, 15) is 13.2 Å². The van der Waals surface area contributed by atoms with Gasteiger partial charge in [0.1, 0.15) is 5.75 Å². The molecule has 0 unspecified atom stereocenters. The summed E-state index contributed by atoms with van der Waals surface area (Å²) in [6.07, 6.45) is -4.65. The van der Waals surface area contributed by atoms with E-state index in [0.29, 0.717) is 11.1 Å². The molecule has 0 radical (unpaired) electrons. The predicted molar refractivity (Wildman–Crippen MR) is 45.8 cm³/mol. The molecule has 0 aliphatic rings. The summed E-state index contributed by atoms with van der Waals surface area (Å²) in [6.45, 7) is 1.74. The lowest BCUT2D eigenvalue weighted by molar-refractivity contribution is -0.274. The number of hydrogen-bond acceptors (Lipinski definition) is 2. The molecule has 0 amide bonds.